The van der Waals surface area contributed by atoms with E-state index >= 15 is 0 Å². The highest BCUT2D eigenvalue weighted by Gasteiger charge is 2.51. The van der Waals surface area contributed by atoms with E-state index in [0.717, 1.165) is 0 Å². The second kappa shape index (κ2) is 4.54. The quantitative estimate of drug-likeness (QED) is 0.493. The normalized spacial score (nSPS) is 21.6. The fraction of sp³-hybridized carbons (Fsp3) is 0.385. The molecule has 1 heterocycles. The Kier molecular flexibility index (Phi) is 3.34. The van der Waals surface area contributed by atoms with Gasteiger partial charge in [0.15, 0.2) is 15.8 Å². The van der Waals surface area contributed by atoms with Gasteiger partial charge in [-0.1, -0.05) is 6.07 Å². The number of sulfone groups is 1. The van der Waals surface area contributed by atoms with E-state index in [4.69, 9.17) is 11.5 Å². The first-order valence-electron chi connectivity index (χ1n) is 6.21. The van der Waals surface area contributed by atoms with Gasteiger partial charge in [-0.05, 0) is 32.4 Å². The van der Waals surface area contributed by atoms with Gasteiger partial charge < -0.3 is 16.6 Å². The molecule has 8 heteroatoms. The number of aliphatic imine (C=N–C) groups is 1. The largest absolute Gasteiger partial charge is 0.387 e. The lowest BCUT2D eigenvalue weighted by Gasteiger charge is -2.21. The Balaban J connectivity index is 2.71. The molecule has 7 nitrogen and oxygen atoms in total. The van der Waals surface area contributed by atoms with E-state index in [2.05, 4.69) is 4.99 Å². The van der Waals surface area contributed by atoms with Crippen molar-refractivity contribution in [1.82, 2.24) is 0 Å². The standard InChI is InChI=1S/C13H17N3O4S/c1-6-4-8-9(5-7(6)11(18)16-12(14)15)21(19,20)13(2,3)10(8)17/h4-5,10,17H,1-3H3,(H4,14,15,16,18). The average Bonchev–Trinajstić information content (AvgIpc) is 2.46. The Bertz CT molecular complexity index is 762. The third-order valence-electron chi connectivity index (χ3n) is 3.75. The molecule has 0 spiro atoms. The molecule has 114 valence electrons. The molecule has 21 heavy (non-hydrogen) atoms. The van der Waals surface area contributed by atoms with Crippen LogP contribution in [0, 0.1) is 6.92 Å². The first-order valence-corrected chi connectivity index (χ1v) is 7.69. The number of benzene rings is 1. The fourth-order valence-electron chi connectivity index (χ4n) is 2.37. The lowest BCUT2D eigenvalue weighted by molar-refractivity contribution is 0.100. The second-order valence-electron chi connectivity index (χ2n) is 5.56. The van der Waals surface area contributed by atoms with Gasteiger partial charge in [0.05, 0.1) is 11.0 Å². The maximum absolute atomic E-state index is 12.5. The Labute approximate surface area is 122 Å². The zero-order chi connectivity index (χ0) is 16.2. The molecule has 1 aliphatic heterocycles. The number of hydrogen-bond donors (Lipinski definition) is 3. The summed E-state index contributed by atoms with van der Waals surface area (Å²) in [7, 11) is -3.75. The minimum Gasteiger partial charge on any atom is -0.387 e. The number of nitrogens with zero attached hydrogens (tertiary/aromatic N) is 1. The molecular weight excluding hydrogens is 294 g/mol. The number of fused-ring (bicyclic) bond motifs is 1. The number of hydrogen-bond acceptors (Lipinski definition) is 4. The predicted octanol–water partition coefficient (Wildman–Crippen LogP) is 0.00792. The molecule has 0 bridgehead atoms. The molecule has 1 aromatic rings. The van der Waals surface area contributed by atoms with E-state index in [1.165, 1.54) is 26.0 Å². The molecule has 0 aliphatic carbocycles. The van der Waals surface area contributed by atoms with Gasteiger partial charge in [-0.25, -0.2) is 8.42 Å². The molecule has 0 fully saturated rings. The molecule has 0 saturated carbocycles. The molecule has 1 aromatic carbocycles. The minimum atomic E-state index is -3.75. The summed E-state index contributed by atoms with van der Waals surface area (Å²) in [4.78, 5) is 15.3. The Morgan fingerprint density at radius 3 is 2.43 bits per heavy atom. The Morgan fingerprint density at radius 2 is 1.90 bits per heavy atom. The summed E-state index contributed by atoms with van der Waals surface area (Å²) < 4.78 is 23.6. The van der Waals surface area contributed by atoms with Crippen LogP contribution in [-0.2, 0) is 9.84 Å². The van der Waals surface area contributed by atoms with Crippen molar-refractivity contribution in [3.05, 3.63) is 28.8 Å². The Hall–Kier alpha value is -1.93. The summed E-state index contributed by atoms with van der Waals surface area (Å²) in [6.07, 6.45) is -1.15. The van der Waals surface area contributed by atoms with Crippen molar-refractivity contribution in [1.29, 1.82) is 0 Å². The van der Waals surface area contributed by atoms with Crippen molar-refractivity contribution < 1.29 is 18.3 Å². The predicted molar refractivity (Wildman–Crippen MR) is 77.5 cm³/mol. The van der Waals surface area contributed by atoms with Crippen LogP contribution in [-0.4, -0.2) is 30.1 Å². The molecule has 0 saturated heterocycles. The first kappa shape index (κ1) is 15.5. The van der Waals surface area contributed by atoms with E-state index in [1.807, 2.05) is 0 Å². The van der Waals surface area contributed by atoms with E-state index in [1.54, 1.807) is 6.92 Å². The zero-order valence-corrected chi connectivity index (χ0v) is 12.7. The van der Waals surface area contributed by atoms with Crippen molar-refractivity contribution >= 4 is 21.7 Å². The van der Waals surface area contributed by atoms with Gasteiger partial charge in [-0.3, -0.25) is 4.79 Å². The van der Waals surface area contributed by atoms with Gasteiger partial charge >= 0.3 is 0 Å². The molecule has 1 aliphatic rings. The second-order valence-corrected chi connectivity index (χ2v) is 8.06. The van der Waals surface area contributed by atoms with Crippen LogP contribution in [0.25, 0.3) is 0 Å². The van der Waals surface area contributed by atoms with Crippen LogP contribution in [0.4, 0.5) is 0 Å². The number of carbonyl (C=O) groups excluding carboxylic acids is 1. The van der Waals surface area contributed by atoms with E-state index < -0.39 is 32.6 Å². The van der Waals surface area contributed by atoms with E-state index in [0.29, 0.717) is 11.1 Å². The zero-order valence-electron chi connectivity index (χ0n) is 11.9. The summed E-state index contributed by atoms with van der Waals surface area (Å²) in [6, 6.07) is 2.72. The third-order valence-corrected chi connectivity index (χ3v) is 6.29. The van der Waals surface area contributed by atoms with Crippen molar-refractivity contribution in [2.75, 3.05) is 0 Å². The summed E-state index contributed by atoms with van der Waals surface area (Å²) in [5.74, 6) is -1.12. The maximum Gasteiger partial charge on any atom is 0.280 e. The van der Waals surface area contributed by atoms with Crippen molar-refractivity contribution in [2.24, 2.45) is 16.5 Å². The average molecular weight is 311 g/mol. The molecule has 0 radical (unpaired) electrons. The lowest BCUT2D eigenvalue weighted by Crippen LogP contribution is -2.32. The molecule has 0 aromatic heterocycles. The molecule has 5 N–H and O–H groups in total. The van der Waals surface area contributed by atoms with Crippen LogP contribution >= 0.6 is 0 Å². The summed E-state index contributed by atoms with van der Waals surface area (Å²) >= 11 is 0. The maximum atomic E-state index is 12.5. The van der Waals surface area contributed by atoms with Gasteiger partial charge in [0.25, 0.3) is 5.91 Å². The SMILES string of the molecule is Cc1cc2c(cc1C(=O)N=C(N)N)S(=O)(=O)C(C)(C)C2O. The van der Waals surface area contributed by atoms with Gasteiger partial charge in [0.1, 0.15) is 4.75 Å². The molecule has 1 unspecified atom stereocenters. The van der Waals surface area contributed by atoms with Crippen molar-refractivity contribution in [3.8, 4) is 0 Å². The van der Waals surface area contributed by atoms with Crippen LogP contribution in [0.5, 0.6) is 0 Å². The number of aliphatic hydroxyl groups is 1. The number of carbonyl (C=O) groups is 1. The van der Waals surface area contributed by atoms with Crippen LogP contribution < -0.4 is 11.5 Å². The number of guanidine groups is 1. The highest BCUT2D eigenvalue weighted by molar-refractivity contribution is 7.93. The van der Waals surface area contributed by atoms with E-state index in [-0.39, 0.29) is 10.5 Å². The summed E-state index contributed by atoms with van der Waals surface area (Å²) in [5, 5.41) is 10.2. The number of aliphatic hydroxyl groups excluding tert-OH is 1. The van der Waals surface area contributed by atoms with Gasteiger partial charge in [0, 0.05) is 11.1 Å². The fourth-order valence-corrected chi connectivity index (χ4v) is 4.11. The molecule has 1 amide bonds. The van der Waals surface area contributed by atoms with Gasteiger partial charge in [0.2, 0.25) is 0 Å². The highest BCUT2D eigenvalue weighted by atomic mass is 32.2. The topological polar surface area (TPSA) is 136 Å². The van der Waals surface area contributed by atoms with Gasteiger partial charge in [-0.2, -0.15) is 4.99 Å². The summed E-state index contributed by atoms with van der Waals surface area (Å²) in [5.41, 5.74) is 11.2. The van der Waals surface area contributed by atoms with Crippen molar-refractivity contribution in [2.45, 2.75) is 36.5 Å². The molecule has 2 rings (SSSR count). The number of nitrogens with two attached hydrogens (primary N) is 2. The minimum absolute atomic E-state index is 0.0558. The van der Waals surface area contributed by atoms with Crippen LogP contribution in [0.3, 0.4) is 0 Å². The molecular formula is C13H17N3O4S. The number of amides is 1. The van der Waals surface area contributed by atoms with Crippen LogP contribution in [0.15, 0.2) is 22.0 Å². The molecule has 1 atom stereocenters. The number of rotatable bonds is 1. The van der Waals surface area contributed by atoms with Gasteiger partial charge in [-0.15, -0.1) is 0 Å². The monoisotopic (exact) mass is 311 g/mol. The summed E-state index contributed by atoms with van der Waals surface area (Å²) in [6.45, 7) is 4.51. The highest BCUT2D eigenvalue weighted by Crippen LogP contribution is 2.47. The smallest absolute Gasteiger partial charge is 0.280 e. The third kappa shape index (κ3) is 2.11. The van der Waals surface area contributed by atoms with E-state index in [9.17, 15) is 18.3 Å². The van der Waals surface area contributed by atoms with Crippen LogP contribution in [0.1, 0.15) is 41.4 Å². The first-order chi connectivity index (χ1) is 9.50. The lowest BCUT2D eigenvalue weighted by atomic mass is 9.95. The van der Waals surface area contributed by atoms with Crippen molar-refractivity contribution in [3.63, 3.8) is 0 Å². The van der Waals surface area contributed by atoms with Crippen LogP contribution in [0.2, 0.25) is 0 Å². The Morgan fingerprint density at radius 1 is 1.33 bits per heavy atom. The number of aryl methyl sites for hydroxylation is 1.